The SMILES string of the molecule is CCCC1(OP(=O)(O)OC)CO[C@@H](n2ccc(N)nc2=O)C1O. The summed E-state index contributed by atoms with van der Waals surface area (Å²) in [5, 5.41) is 10.6. The molecule has 4 N–H and O–H groups in total. The molecule has 1 aromatic heterocycles. The molecule has 0 bridgehead atoms. The van der Waals surface area contributed by atoms with Crippen molar-refractivity contribution in [2.75, 3.05) is 19.5 Å². The first-order chi connectivity index (χ1) is 10.7. The van der Waals surface area contributed by atoms with E-state index in [0.29, 0.717) is 6.42 Å². The lowest BCUT2D eigenvalue weighted by atomic mass is 9.93. The standard InChI is InChI=1S/C12H20N3O7P/c1-3-5-12(22-23(18,19)20-2)7-21-10(9(12)16)15-6-4-8(13)14-11(15)17/h4,6,9-10,16H,3,5,7H2,1-2H3,(H,18,19)(H2,13,14,17)/t9?,10-,12?/m1/s1. The Kier molecular flexibility index (Phi) is 5.24. The van der Waals surface area contributed by atoms with Gasteiger partial charge in [0, 0.05) is 13.3 Å². The lowest BCUT2D eigenvalue weighted by Crippen LogP contribution is -2.46. The van der Waals surface area contributed by atoms with Crippen LogP contribution < -0.4 is 11.4 Å². The third kappa shape index (κ3) is 3.63. The van der Waals surface area contributed by atoms with Crippen LogP contribution in [0.1, 0.15) is 26.0 Å². The van der Waals surface area contributed by atoms with Crippen LogP contribution in [0.25, 0.3) is 0 Å². The molecule has 11 heteroatoms. The van der Waals surface area contributed by atoms with Crippen LogP contribution >= 0.6 is 7.82 Å². The molecule has 23 heavy (non-hydrogen) atoms. The number of aromatic nitrogens is 2. The quantitative estimate of drug-likeness (QED) is 0.605. The molecule has 0 spiro atoms. The molecule has 2 rings (SSSR count). The summed E-state index contributed by atoms with van der Waals surface area (Å²) in [4.78, 5) is 25.0. The Labute approximate surface area is 132 Å². The van der Waals surface area contributed by atoms with E-state index in [1.807, 2.05) is 6.92 Å². The fourth-order valence-electron chi connectivity index (χ4n) is 2.55. The summed E-state index contributed by atoms with van der Waals surface area (Å²) >= 11 is 0. The minimum Gasteiger partial charge on any atom is -0.385 e. The summed E-state index contributed by atoms with van der Waals surface area (Å²) in [5.41, 5.74) is 3.24. The zero-order valence-corrected chi connectivity index (χ0v) is 13.7. The van der Waals surface area contributed by atoms with Gasteiger partial charge in [0.15, 0.2) is 6.23 Å². The molecular formula is C12H20N3O7P. The Bertz CT molecular complexity index is 666. The smallest absolute Gasteiger partial charge is 0.385 e. The van der Waals surface area contributed by atoms with Crippen molar-refractivity contribution in [2.24, 2.45) is 0 Å². The van der Waals surface area contributed by atoms with Crippen LogP contribution in [0.2, 0.25) is 0 Å². The van der Waals surface area contributed by atoms with E-state index in [2.05, 4.69) is 9.51 Å². The summed E-state index contributed by atoms with van der Waals surface area (Å²) in [6, 6.07) is 1.38. The maximum atomic E-state index is 11.9. The average molecular weight is 349 g/mol. The third-order valence-corrected chi connectivity index (χ3v) is 4.69. The van der Waals surface area contributed by atoms with E-state index in [9.17, 15) is 19.4 Å². The van der Waals surface area contributed by atoms with E-state index in [4.69, 9.17) is 15.0 Å². The summed E-state index contributed by atoms with van der Waals surface area (Å²) in [7, 11) is -3.33. The first kappa shape index (κ1) is 18.1. The fraction of sp³-hybridized carbons (Fsp3) is 0.667. The Morgan fingerprint density at radius 3 is 2.91 bits per heavy atom. The highest BCUT2D eigenvalue weighted by Crippen LogP contribution is 2.51. The number of aliphatic hydroxyl groups excluding tert-OH is 1. The number of anilines is 1. The fourth-order valence-corrected chi connectivity index (χ4v) is 3.34. The van der Waals surface area contributed by atoms with Gasteiger partial charge in [-0.25, -0.2) is 9.36 Å². The molecule has 3 unspecified atom stereocenters. The number of ether oxygens (including phenoxy) is 1. The van der Waals surface area contributed by atoms with Crippen molar-refractivity contribution in [1.82, 2.24) is 9.55 Å². The van der Waals surface area contributed by atoms with Crippen LogP contribution in [0.4, 0.5) is 5.82 Å². The summed E-state index contributed by atoms with van der Waals surface area (Å²) in [5.74, 6) is 0.0362. The summed E-state index contributed by atoms with van der Waals surface area (Å²) in [6.45, 7) is 1.63. The molecule has 0 aromatic carbocycles. The second-order valence-electron chi connectivity index (χ2n) is 5.25. The van der Waals surface area contributed by atoms with Gasteiger partial charge in [0.25, 0.3) is 0 Å². The molecule has 1 aliphatic rings. The number of hydrogen-bond acceptors (Lipinski definition) is 8. The van der Waals surface area contributed by atoms with Crippen LogP contribution in [-0.4, -0.2) is 45.0 Å². The van der Waals surface area contributed by atoms with E-state index < -0.39 is 31.4 Å². The topological polar surface area (TPSA) is 146 Å². The van der Waals surface area contributed by atoms with Crippen molar-refractivity contribution >= 4 is 13.6 Å². The van der Waals surface area contributed by atoms with Crippen molar-refractivity contribution in [3.8, 4) is 0 Å². The van der Waals surface area contributed by atoms with Gasteiger partial charge in [-0.15, -0.1) is 0 Å². The molecule has 4 atom stereocenters. The lowest BCUT2D eigenvalue weighted by molar-refractivity contribution is -0.0644. The first-order valence-electron chi connectivity index (χ1n) is 6.98. The molecule has 10 nitrogen and oxygen atoms in total. The van der Waals surface area contributed by atoms with Gasteiger partial charge in [-0.2, -0.15) is 4.98 Å². The number of aliphatic hydroxyl groups is 1. The molecule has 2 heterocycles. The normalized spacial score (nSPS) is 30.3. The Balaban J connectivity index is 2.34. The van der Waals surface area contributed by atoms with E-state index in [1.54, 1.807) is 0 Å². The van der Waals surface area contributed by atoms with Crippen molar-refractivity contribution in [3.05, 3.63) is 22.7 Å². The van der Waals surface area contributed by atoms with Crippen molar-refractivity contribution in [1.29, 1.82) is 0 Å². The highest BCUT2D eigenvalue weighted by molar-refractivity contribution is 7.47. The molecule has 1 saturated heterocycles. The average Bonchev–Trinajstić information content (AvgIpc) is 2.77. The zero-order valence-electron chi connectivity index (χ0n) is 12.8. The Hall–Kier alpha value is -1.29. The summed E-state index contributed by atoms with van der Waals surface area (Å²) < 4.78 is 27.9. The van der Waals surface area contributed by atoms with E-state index in [0.717, 1.165) is 11.7 Å². The van der Waals surface area contributed by atoms with Gasteiger partial charge >= 0.3 is 13.5 Å². The largest absolute Gasteiger partial charge is 0.472 e. The van der Waals surface area contributed by atoms with E-state index in [-0.39, 0.29) is 18.8 Å². The van der Waals surface area contributed by atoms with Gasteiger partial charge in [-0.1, -0.05) is 13.3 Å². The number of phosphoric acid groups is 1. The van der Waals surface area contributed by atoms with Crippen LogP contribution in [0.3, 0.4) is 0 Å². The van der Waals surface area contributed by atoms with Gasteiger partial charge in [0.2, 0.25) is 0 Å². The number of phosphoric ester groups is 1. The molecule has 1 fully saturated rings. The minimum absolute atomic E-state index is 0.0362. The molecule has 0 aliphatic carbocycles. The second-order valence-corrected chi connectivity index (χ2v) is 6.73. The number of hydrogen-bond donors (Lipinski definition) is 3. The zero-order chi connectivity index (χ0) is 17.3. The molecule has 130 valence electrons. The van der Waals surface area contributed by atoms with E-state index in [1.165, 1.54) is 12.3 Å². The molecule has 1 aliphatic heterocycles. The maximum absolute atomic E-state index is 11.9. The van der Waals surface area contributed by atoms with Crippen LogP contribution in [0, 0.1) is 0 Å². The van der Waals surface area contributed by atoms with Gasteiger partial charge in [-0.3, -0.25) is 13.6 Å². The Morgan fingerprint density at radius 2 is 2.35 bits per heavy atom. The van der Waals surface area contributed by atoms with Gasteiger partial charge in [0.1, 0.15) is 17.5 Å². The van der Waals surface area contributed by atoms with Gasteiger partial charge in [0.05, 0.1) is 6.61 Å². The van der Waals surface area contributed by atoms with Crippen LogP contribution in [0.15, 0.2) is 17.1 Å². The third-order valence-electron chi connectivity index (χ3n) is 3.63. The summed E-state index contributed by atoms with van der Waals surface area (Å²) in [6.07, 6.45) is -0.378. The van der Waals surface area contributed by atoms with Gasteiger partial charge < -0.3 is 20.5 Å². The number of nitrogens with zero attached hydrogens (tertiary/aromatic N) is 2. The van der Waals surface area contributed by atoms with Crippen molar-refractivity contribution in [3.63, 3.8) is 0 Å². The number of rotatable bonds is 6. The molecule has 0 saturated carbocycles. The van der Waals surface area contributed by atoms with Crippen LogP contribution in [0.5, 0.6) is 0 Å². The number of nitrogens with two attached hydrogens (primary N) is 1. The maximum Gasteiger partial charge on any atom is 0.472 e. The van der Waals surface area contributed by atoms with Crippen molar-refractivity contribution in [2.45, 2.75) is 37.7 Å². The second kappa shape index (κ2) is 6.68. The predicted molar refractivity (Wildman–Crippen MR) is 79.5 cm³/mol. The monoisotopic (exact) mass is 349 g/mol. The Morgan fingerprint density at radius 1 is 1.65 bits per heavy atom. The molecule has 1 aromatic rings. The van der Waals surface area contributed by atoms with Crippen molar-refractivity contribution < 1.29 is 28.3 Å². The predicted octanol–water partition coefficient (Wildman–Crippen LogP) is 0.0175. The molecule has 0 amide bonds. The van der Waals surface area contributed by atoms with Gasteiger partial charge in [-0.05, 0) is 12.5 Å². The minimum atomic E-state index is -4.36. The van der Waals surface area contributed by atoms with Crippen LogP contribution in [-0.2, 0) is 18.3 Å². The first-order valence-corrected chi connectivity index (χ1v) is 8.48. The highest BCUT2D eigenvalue weighted by atomic mass is 31.2. The molecule has 0 radical (unpaired) electrons. The number of nitrogen functional groups attached to an aromatic ring is 1. The lowest BCUT2D eigenvalue weighted by Gasteiger charge is -2.32. The highest BCUT2D eigenvalue weighted by Gasteiger charge is 2.54. The molecular weight excluding hydrogens is 329 g/mol. The van der Waals surface area contributed by atoms with E-state index >= 15 is 0 Å².